The SMILES string of the molecule is CCCCCc1ccc(C(=O)N2CCN(C(=O)CCCCSc3nnc(Cc4ccccc4)n3-c3cccc(C(F)(F)F)c3)CC2C)cc1. The molecule has 2 heterocycles. The van der Waals surface area contributed by atoms with Crippen LogP contribution in [0, 0.1) is 0 Å². The van der Waals surface area contributed by atoms with Crippen LogP contribution in [0.5, 0.6) is 0 Å². The lowest BCUT2D eigenvalue weighted by molar-refractivity contribution is -0.137. The van der Waals surface area contributed by atoms with Crippen molar-refractivity contribution in [3.63, 3.8) is 0 Å². The number of halogens is 3. The molecule has 260 valence electrons. The Labute approximate surface area is 290 Å². The second kappa shape index (κ2) is 17.0. The third kappa shape index (κ3) is 9.74. The molecule has 0 bridgehead atoms. The second-order valence-corrected chi connectivity index (χ2v) is 13.7. The van der Waals surface area contributed by atoms with Gasteiger partial charge in [0.25, 0.3) is 5.91 Å². The summed E-state index contributed by atoms with van der Waals surface area (Å²) in [6.45, 7) is 5.67. The minimum absolute atomic E-state index is 0.00152. The van der Waals surface area contributed by atoms with E-state index in [1.54, 1.807) is 10.6 Å². The van der Waals surface area contributed by atoms with Crippen molar-refractivity contribution in [1.82, 2.24) is 24.6 Å². The van der Waals surface area contributed by atoms with Crippen molar-refractivity contribution in [1.29, 1.82) is 0 Å². The first-order chi connectivity index (χ1) is 23.6. The van der Waals surface area contributed by atoms with Crippen LogP contribution in [0.15, 0.2) is 84.0 Å². The summed E-state index contributed by atoms with van der Waals surface area (Å²) >= 11 is 1.42. The molecule has 0 N–H and O–H groups in total. The van der Waals surface area contributed by atoms with Crippen molar-refractivity contribution in [3.05, 3.63) is 107 Å². The smallest absolute Gasteiger partial charge is 0.339 e. The summed E-state index contributed by atoms with van der Waals surface area (Å²) in [4.78, 5) is 30.0. The normalized spacial score (nSPS) is 15.1. The summed E-state index contributed by atoms with van der Waals surface area (Å²) in [7, 11) is 0. The molecule has 0 spiro atoms. The molecule has 0 aliphatic carbocycles. The summed E-state index contributed by atoms with van der Waals surface area (Å²) in [6, 6.07) is 22.7. The zero-order valence-corrected chi connectivity index (χ0v) is 29.0. The van der Waals surface area contributed by atoms with Crippen LogP contribution in [0.4, 0.5) is 13.2 Å². The molecule has 5 rings (SSSR count). The first-order valence-corrected chi connectivity index (χ1v) is 18.1. The number of hydrogen-bond acceptors (Lipinski definition) is 5. The lowest BCUT2D eigenvalue weighted by Crippen LogP contribution is -2.55. The average molecular weight is 692 g/mol. The highest BCUT2D eigenvalue weighted by Gasteiger charge is 2.32. The number of thioether (sulfide) groups is 1. The topological polar surface area (TPSA) is 71.3 Å². The highest BCUT2D eigenvalue weighted by atomic mass is 32.2. The molecule has 1 saturated heterocycles. The number of aromatic nitrogens is 3. The maximum Gasteiger partial charge on any atom is 0.416 e. The van der Waals surface area contributed by atoms with E-state index in [0.717, 1.165) is 37.0 Å². The van der Waals surface area contributed by atoms with Gasteiger partial charge in [-0.25, -0.2) is 0 Å². The monoisotopic (exact) mass is 691 g/mol. The Hall–Kier alpha value is -4.12. The third-order valence-corrected chi connectivity index (χ3v) is 9.88. The molecule has 1 atom stereocenters. The lowest BCUT2D eigenvalue weighted by Gasteiger charge is -2.40. The molecular weight excluding hydrogens is 648 g/mol. The molecule has 7 nitrogen and oxygen atoms in total. The van der Waals surface area contributed by atoms with E-state index in [0.29, 0.717) is 66.9 Å². The number of benzene rings is 3. The molecule has 0 radical (unpaired) electrons. The quantitative estimate of drug-likeness (QED) is 0.0984. The van der Waals surface area contributed by atoms with E-state index in [9.17, 15) is 22.8 Å². The van der Waals surface area contributed by atoms with Gasteiger partial charge in [0.15, 0.2) is 5.16 Å². The maximum absolute atomic E-state index is 13.5. The zero-order chi connectivity index (χ0) is 34.8. The second-order valence-electron chi connectivity index (χ2n) is 12.6. The van der Waals surface area contributed by atoms with Crippen molar-refractivity contribution in [2.45, 2.75) is 82.6 Å². The van der Waals surface area contributed by atoms with Gasteiger partial charge >= 0.3 is 6.18 Å². The molecule has 1 fully saturated rings. The average Bonchev–Trinajstić information content (AvgIpc) is 3.50. The number of carbonyl (C=O) groups excluding carboxylic acids is 2. The summed E-state index contributed by atoms with van der Waals surface area (Å²) in [5.74, 6) is 1.25. The number of carbonyl (C=O) groups is 2. The van der Waals surface area contributed by atoms with Crippen LogP contribution in [-0.2, 0) is 23.8 Å². The van der Waals surface area contributed by atoms with Gasteiger partial charge in [0.05, 0.1) is 11.3 Å². The molecule has 1 aliphatic heterocycles. The number of nitrogens with zero attached hydrogens (tertiary/aromatic N) is 5. The van der Waals surface area contributed by atoms with E-state index in [1.165, 1.54) is 36.2 Å². The fourth-order valence-corrected chi connectivity index (χ4v) is 7.08. The molecule has 1 aromatic heterocycles. The van der Waals surface area contributed by atoms with Crippen LogP contribution >= 0.6 is 11.8 Å². The fourth-order valence-electron chi connectivity index (χ4n) is 6.11. The minimum atomic E-state index is -4.47. The van der Waals surface area contributed by atoms with Crippen molar-refractivity contribution in [2.24, 2.45) is 0 Å². The van der Waals surface area contributed by atoms with Crippen LogP contribution < -0.4 is 0 Å². The molecule has 49 heavy (non-hydrogen) atoms. The van der Waals surface area contributed by atoms with Gasteiger partial charge in [-0.05, 0) is 74.1 Å². The Balaban J connectivity index is 1.12. The molecular formula is C38H44F3N5O2S. The summed E-state index contributed by atoms with van der Waals surface area (Å²) in [5.41, 5.74) is 2.53. The van der Waals surface area contributed by atoms with Gasteiger partial charge in [0, 0.05) is 49.8 Å². The van der Waals surface area contributed by atoms with E-state index < -0.39 is 11.7 Å². The number of amides is 2. The minimum Gasteiger partial charge on any atom is -0.339 e. The zero-order valence-electron chi connectivity index (χ0n) is 28.2. The number of aryl methyl sites for hydroxylation is 1. The Morgan fingerprint density at radius 1 is 0.878 bits per heavy atom. The number of hydrogen-bond donors (Lipinski definition) is 0. The Morgan fingerprint density at radius 3 is 2.37 bits per heavy atom. The highest BCUT2D eigenvalue weighted by molar-refractivity contribution is 7.99. The summed E-state index contributed by atoms with van der Waals surface area (Å²) in [6.07, 6.45) is 2.28. The predicted octanol–water partition coefficient (Wildman–Crippen LogP) is 8.25. The van der Waals surface area contributed by atoms with E-state index in [2.05, 4.69) is 17.1 Å². The van der Waals surface area contributed by atoms with Crippen LogP contribution in [0.25, 0.3) is 5.69 Å². The van der Waals surface area contributed by atoms with Crippen LogP contribution in [0.1, 0.15) is 85.2 Å². The van der Waals surface area contributed by atoms with E-state index >= 15 is 0 Å². The number of rotatable bonds is 14. The molecule has 2 amide bonds. The molecule has 3 aromatic carbocycles. The molecule has 0 saturated carbocycles. The predicted molar refractivity (Wildman–Crippen MR) is 187 cm³/mol. The van der Waals surface area contributed by atoms with Crippen molar-refractivity contribution in [2.75, 3.05) is 25.4 Å². The van der Waals surface area contributed by atoms with Gasteiger partial charge in [-0.1, -0.05) is 80.1 Å². The number of piperazine rings is 1. The molecule has 1 unspecified atom stereocenters. The summed E-state index contributed by atoms with van der Waals surface area (Å²) < 4.78 is 42.3. The first kappa shape index (κ1) is 36.2. The maximum atomic E-state index is 13.5. The van der Waals surface area contributed by atoms with Crippen LogP contribution in [0.3, 0.4) is 0 Å². The van der Waals surface area contributed by atoms with Gasteiger partial charge in [-0.3, -0.25) is 14.2 Å². The molecule has 4 aromatic rings. The van der Waals surface area contributed by atoms with Gasteiger partial charge in [-0.15, -0.1) is 10.2 Å². The number of unbranched alkanes of at least 4 members (excludes halogenated alkanes) is 3. The van der Waals surface area contributed by atoms with E-state index in [1.807, 2.05) is 71.3 Å². The van der Waals surface area contributed by atoms with Crippen LogP contribution in [0.2, 0.25) is 0 Å². The highest BCUT2D eigenvalue weighted by Crippen LogP contribution is 2.32. The number of alkyl halides is 3. The van der Waals surface area contributed by atoms with Gasteiger partial charge in [0.2, 0.25) is 5.91 Å². The molecule has 11 heteroatoms. The van der Waals surface area contributed by atoms with Crippen LogP contribution in [-0.4, -0.2) is 67.8 Å². The van der Waals surface area contributed by atoms with Gasteiger partial charge in [0.1, 0.15) is 5.82 Å². The van der Waals surface area contributed by atoms with Gasteiger partial charge < -0.3 is 9.80 Å². The van der Waals surface area contributed by atoms with E-state index in [-0.39, 0.29) is 17.9 Å². The Bertz CT molecular complexity index is 1680. The van der Waals surface area contributed by atoms with Crippen molar-refractivity contribution in [3.8, 4) is 5.69 Å². The van der Waals surface area contributed by atoms with Gasteiger partial charge in [-0.2, -0.15) is 13.2 Å². The fraction of sp³-hybridized carbons (Fsp3) is 0.421. The first-order valence-electron chi connectivity index (χ1n) is 17.1. The Morgan fingerprint density at radius 2 is 1.65 bits per heavy atom. The summed E-state index contributed by atoms with van der Waals surface area (Å²) in [5, 5.41) is 9.21. The Kier molecular flexibility index (Phi) is 12.6. The van der Waals surface area contributed by atoms with E-state index in [4.69, 9.17) is 0 Å². The lowest BCUT2D eigenvalue weighted by atomic mass is 10.0. The van der Waals surface area contributed by atoms with Crippen molar-refractivity contribution >= 4 is 23.6 Å². The van der Waals surface area contributed by atoms with Crippen molar-refractivity contribution < 1.29 is 22.8 Å². The third-order valence-electron chi connectivity index (χ3n) is 8.86. The standard InChI is InChI=1S/C38H44F3N5O2S/c1-3-4-6-12-29-18-20-31(21-19-29)36(48)45-23-22-44(27-28(45)2)35(47)17-9-10-24-49-37-43-42-34(25-30-13-7-5-8-14-30)46(37)33-16-11-15-32(26-33)38(39,40)41/h5,7-8,11,13-16,18-21,26,28H,3-4,6,9-10,12,17,22-25,27H2,1-2H3. The largest absolute Gasteiger partial charge is 0.416 e. The molecule has 1 aliphatic rings.